The van der Waals surface area contributed by atoms with Gasteiger partial charge in [-0.25, -0.2) is 14.4 Å². The van der Waals surface area contributed by atoms with E-state index < -0.39 is 0 Å². The molecule has 6 rings (SSSR count). The van der Waals surface area contributed by atoms with Gasteiger partial charge in [0.2, 0.25) is 0 Å². The summed E-state index contributed by atoms with van der Waals surface area (Å²) in [6.07, 6.45) is 5.72. The van der Waals surface area contributed by atoms with Crippen molar-refractivity contribution in [3.8, 4) is 11.8 Å². The molecule has 10 heteroatoms. The monoisotopic (exact) mass is 420 g/mol. The van der Waals surface area contributed by atoms with Crippen LogP contribution in [0.5, 0.6) is 11.8 Å². The number of anilines is 2. The van der Waals surface area contributed by atoms with Crippen molar-refractivity contribution >= 4 is 33.4 Å². The van der Waals surface area contributed by atoms with Gasteiger partial charge in [-0.1, -0.05) is 0 Å². The van der Waals surface area contributed by atoms with Gasteiger partial charge in [0.15, 0.2) is 5.75 Å². The van der Waals surface area contributed by atoms with Gasteiger partial charge in [-0.05, 0) is 24.5 Å². The summed E-state index contributed by atoms with van der Waals surface area (Å²) in [5, 5.41) is 8.17. The first-order chi connectivity index (χ1) is 15.2. The lowest BCUT2D eigenvalue weighted by Crippen LogP contribution is -2.41. The summed E-state index contributed by atoms with van der Waals surface area (Å²) in [4.78, 5) is 22.9. The second kappa shape index (κ2) is 7.02. The van der Waals surface area contributed by atoms with Crippen LogP contribution in [0.15, 0.2) is 30.9 Å². The van der Waals surface area contributed by atoms with Gasteiger partial charge in [0, 0.05) is 38.1 Å². The summed E-state index contributed by atoms with van der Waals surface area (Å²) in [7, 11) is 1.77. The third-order valence-electron chi connectivity index (χ3n) is 6.03. The number of piperidine rings is 1. The summed E-state index contributed by atoms with van der Waals surface area (Å²) in [6.45, 7) is 2.72. The Labute approximate surface area is 177 Å². The Morgan fingerprint density at radius 2 is 2.06 bits per heavy atom. The smallest absolute Gasteiger partial charge is 0.326 e. The van der Waals surface area contributed by atoms with Crippen LogP contribution in [-0.4, -0.2) is 57.6 Å². The fourth-order valence-corrected chi connectivity index (χ4v) is 4.75. The number of hydrogen-bond acceptors (Lipinski definition) is 8. The summed E-state index contributed by atoms with van der Waals surface area (Å²) < 4.78 is 20.3. The molecule has 5 heterocycles. The van der Waals surface area contributed by atoms with Crippen LogP contribution in [0.3, 0.4) is 0 Å². The summed E-state index contributed by atoms with van der Waals surface area (Å²) in [6, 6.07) is 3.62. The molecule has 0 radical (unpaired) electrons. The lowest BCUT2D eigenvalue weighted by Gasteiger charge is -2.32. The van der Waals surface area contributed by atoms with Crippen LogP contribution in [0.2, 0.25) is 0 Å². The number of rotatable bonds is 4. The van der Waals surface area contributed by atoms with Gasteiger partial charge in [0.1, 0.15) is 23.6 Å². The highest BCUT2D eigenvalue weighted by molar-refractivity contribution is 6.14. The van der Waals surface area contributed by atoms with Crippen molar-refractivity contribution in [1.29, 1.82) is 0 Å². The van der Waals surface area contributed by atoms with Crippen molar-refractivity contribution < 1.29 is 9.13 Å². The molecule has 2 bridgehead atoms. The molecule has 0 spiro atoms. The molecule has 2 aliphatic rings. The van der Waals surface area contributed by atoms with E-state index >= 15 is 0 Å². The van der Waals surface area contributed by atoms with Crippen molar-refractivity contribution in [1.82, 2.24) is 30.2 Å². The Kier molecular flexibility index (Phi) is 4.13. The van der Waals surface area contributed by atoms with E-state index in [-0.39, 0.29) is 11.8 Å². The van der Waals surface area contributed by atoms with Gasteiger partial charge in [-0.3, -0.25) is 0 Å². The maximum absolute atomic E-state index is 14.4. The first kappa shape index (κ1) is 18.3. The van der Waals surface area contributed by atoms with Crippen molar-refractivity contribution in [2.75, 3.05) is 36.9 Å². The lowest BCUT2D eigenvalue weighted by molar-refractivity contribution is 0.435. The first-order valence-electron chi connectivity index (χ1n) is 10.3. The first-order valence-corrected chi connectivity index (χ1v) is 10.3. The Morgan fingerprint density at radius 3 is 2.87 bits per heavy atom. The van der Waals surface area contributed by atoms with Crippen LogP contribution < -0.4 is 20.3 Å². The van der Waals surface area contributed by atoms with E-state index in [9.17, 15) is 4.39 Å². The van der Waals surface area contributed by atoms with Crippen LogP contribution in [-0.2, 0) is 0 Å². The zero-order chi connectivity index (χ0) is 20.9. The fourth-order valence-electron chi connectivity index (χ4n) is 4.75. The van der Waals surface area contributed by atoms with Gasteiger partial charge in [-0.2, -0.15) is 9.97 Å². The molecule has 2 saturated heterocycles. The molecule has 1 aromatic carbocycles. The molecule has 3 N–H and O–H groups in total. The van der Waals surface area contributed by atoms with Crippen LogP contribution >= 0.6 is 0 Å². The highest BCUT2D eigenvalue weighted by Gasteiger charge is 2.34. The normalized spacial score (nSPS) is 20.5. The van der Waals surface area contributed by atoms with Crippen molar-refractivity contribution in [2.24, 2.45) is 5.92 Å². The van der Waals surface area contributed by atoms with Crippen molar-refractivity contribution in [3.63, 3.8) is 0 Å². The van der Waals surface area contributed by atoms with Crippen molar-refractivity contribution in [3.05, 3.63) is 36.7 Å². The molecule has 31 heavy (non-hydrogen) atoms. The third kappa shape index (κ3) is 3.10. The Morgan fingerprint density at radius 1 is 1.19 bits per heavy atom. The van der Waals surface area contributed by atoms with E-state index in [1.54, 1.807) is 19.4 Å². The van der Waals surface area contributed by atoms with E-state index in [0.29, 0.717) is 29.0 Å². The van der Waals surface area contributed by atoms with E-state index in [0.717, 1.165) is 41.7 Å². The molecule has 9 nitrogen and oxygen atoms in total. The number of ether oxygens (including phenoxy) is 1. The molecule has 158 valence electrons. The molecule has 3 aromatic heterocycles. The molecule has 2 unspecified atom stereocenters. The zero-order valence-electron chi connectivity index (χ0n) is 16.9. The molecule has 4 aromatic rings. The number of H-pyrrole nitrogens is 1. The Hall–Kier alpha value is -3.53. The largest absolute Gasteiger partial charge is 0.421 e. The lowest BCUT2D eigenvalue weighted by atomic mass is 9.99. The molecule has 0 aliphatic carbocycles. The van der Waals surface area contributed by atoms with Crippen molar-refractivity contribution in [2.45, 2.75) is 12.5 Å². The van der Waals surface area contributed by atoms with Crippen LogP contribution in [0.1, 0.15) is 6.42 Å². The number of fused-ring (bicyclic) bond motifs is 5. The number of nitrogens with one attached hydrogen (secondary N) is 3. The molecule has 2 fully saturated rings. The standard InChI is InChI=1S/C21H21FN8O/c1-23-16-4-12(22)3-15-17-19(27-18(15)16)28-21(31-14-6-24-10-25-7-14)29-20(17)30-8-11-2-13(9-30)26-5-11/h3-4,6-7,10-11,13,23,26H,2,5,8-9H2,1H3,(H,27,28,29). The topological polar surface area (TPSA) is 104 Å². The van der Waals surface area contributed by atoms with E-state index in [1.807, 2.05) is 0 Å². The number of hydrogen-bond donors (Lipinski definition) is 3. The SMILES string of the molecule is CNc1cc(F)cc2c1[nH]c1nc(Oc3cncnc3)nc(N3CC4CNC(C4)C3)c12. The van der Waals surface area contributed by atoms with Gasteiger partial charge in [0.05, 0.1) is 29.0 Å². The molecule has 2 atom stereocenters. The third-order valence-corrected chi connectivity index (χ3v) is 6.03. The van der Waals surface area contributed by atoms with Gasteiger partial charge in [0.25, 0.3) is 0 Å². The number of benzene rings is 1. The molecule has 0 amide bonds. The number of nitrogens with zero attached hydrogens (tertiary/aromatic N) is 5. The van der Waals surface area contributed by atoms with Gasteiger partial charge >= 0.3 is 6.01 Å². The van der Waals surface area contributed by atoms with E-state index in [4.69, 9.17) is 9.72 Å². The highest BCUT2D eigenvalue weighted by Crippen LogP contribution is 2.38. The summed E-state index contributed by atoms with van der Waals surface area (Å²) in [5.74, 6) is 1.44. The molecular weight excluding hydrogens is 399 g/mol. The quantitative estimate of drug-likeness (QED) is 0.463. The maximum Gasteiger partial charge on any atom is 0.326 e. The van der Waals surface area contributed by atoms with E-state index in [1.165, 1.54) is 24.9 Å². The highest BCUT2D eigenvalue weighted by atomic mass is 19.1. The average molecular weight is 420 g/mol. The van der Waals surface area contributed by atoms with Crippen LogP contribution in [0.4, 0.5) is 15.9 Å². The zero-order valence-corrected chi connectivity index (χ0v) is 16.9. The minimum absolute atomic E-state index is 0.196. The molecule has 0 saturated carbocycles. The second-order valence-electron chi connectivity index (χ2n) is 8.09. The van der Waals surface area contributed by atoms with E-state index in [2.05, 4.69) is 35.5 Å². The second-order valence-corrected chi connectivity index (χ2v) is 8.09. The Bertz CT molecular complexity index is 1270. The maximum atomic E-state index is 14.4. The minimum atomic E-state index is -0.314. The molecule has 2 aliphatic heterocycles. The minimum Gasteiger partial charge on any atom is -0.421 e. The fraction of sp³-hybridized carbons (Fsp3) is 0.333. The number of halogens is 1. The Balaban J connectivity index is 1.56. The number of aromatic amines is 1. The average Bonchev–Trinajstić information content (AvgIpc) is 3.32. The summed E-state index contributed by atoms with van der Waals surface area (Å²) >= 11 is 0. The number of aromatic nitrogens is 5. The molecular formula is C21H21FN8O. The van der Waals surface area contributed by atoms with Gasteiger partial charge < -0.3 is 25.3 Å². The summed E-state index contributed by atoms with van der Waals surface area (Å²) in [5.41, 5.74) is 2.05. The van der Waals surface area contributed by atoms with Crippen LogP contribution in [0.25, 0.3) is 21.9 Å². The van der Waals surface area contributed by atoms with Gasteiger partial charge in [-0.15, -0.1) is 0 Å². The predicted octanol–water partition coefficient (Wildman–Crippen LogP) is 2.67. The predicted molar refractivity (Wildman–Crippen MR) is 115 cm³/mol. The van der Waals surface area contributed by atoms with Crippen LogP contribution in [0, 0.1) is 11.7 Å².